The molecule has 6 heteroatoms. The largest absolute Gasteiger partial charge is 0.481 e. The lowest BCUT2D eigenvalue weighted by Gasteiger charge is -2.35. The molecule has 1 fully saturated rings. The Labute approximate surface area is 206 Å². The molecule has 182 valence electrons. The van der Waals surface area contributed by atoms with Crippen molar-refractivity contribution in [3.05, 3.63) is 90.0 Å². The fourth-order valence-corrected chi connectivity index (χ4v) is 4.24. The number of nitrogens with zero attached hydrogens (tertiary/aromatic N) is 1. The second-order valence-corrected chi connectivity index (χ2v) is 9.03. The van der Waals surface area contributed by atoms with Crippen molar-refractivity contribution >= 4 is 11.8 Å². The Morgan fingerprint density at radius 2 is 1.51 bits per heavy atom. The van der Waals surface area contributed by atoms with Crippen LogP contribution in [0.2, 0.25) is 0 Å². The Morgan fingerprint density at radius 1 is 0.914 bits per heavy atom. The number of carbonyl (C=O) groups is 2. The number of hydrogen-bond donors (Lipinski definition) is 1. The predicted octanol–water partition coefficient (Wildman–Crippen LogP) is 4.69. The minimum atomic E-state index is -0.635. The Morgan fingerprint density at radius 3 is 2.14 bits per heavy atom. The van der Waals surface area contributed by atoms with E-state index in [1.54, 1.807) is 6.92 Å². The second-order valence-electron chi connectivity index (χ2n) is 9.03. The summed E-state index contributed by atoms with van der Waals surface area (Å²) in [6, 6.07) is 25.2. The Balaban J connectivity index is 1.27. The van der Waals surface area contributed by atoms with Crippen LogP contribution in [0.25, 0.3) is 11.1 Å². The van der Waals surface area contributed by atoms with E-state index in [1.807, 2.05) is 85.5 Å². The molecule has 3 unspecified atom stereocenters. The van der Waals surface area contributed by atoms with Gasteiger partial charge in [-0.25, -0.2) is 0 Å². The van der Waals surface area contributed by atoms with Gasteiger partial charge in [0.05, 0.1) is 12.2 Å². The molecule has 1 aliphatic heterocycles. The topological polar surface area (TPSA) is 67.9 Å². The summed E-state index contributed by atoms with van der Waals surface area (Å²) in [5.41, 5.74) is 3.77. The van der Waals surface area contributed by atoms with Crippen molar-refractivity contribution < 1.29 is 19.1 Å². The van der Waals surface area contributed by atoms with Crippen LogP contribution in [0.4, 0.5) is 0 Å². The fraction of sp³-hybridized carbons (Fsp3) is 0.310. The van der Waals surface area contributed by atoms with Crippen LogP contribution >= 0.6 is 0 Å². The third-order valence-corrected chi connectivity index (χ3v) is 6.02. The van der Waals surface area contributed by atoms with E-state index in [-0.39, 0.29) is 24.0 Å². The SMILES string of the molecule is CC1CN(C(=O)c2ccc(CNC(=O)C(C)Oc3ccc(-c4ccccc4)cc3)cc2)CC(C)O1. The lowest BCUT2D eigenvalue weighted by atomic mass is 10.1. The molecule has 0 aromatic heterocycles. The van der Waals surface area contributed by atoms with Crippen molar-refractivity contribution in [1.29, 1.82) is 0 Å². The Hall–Kier alpha value is -3.64. The van der Waals surface area contributed by atoms with Gasteiger partial charge in [-0.05, 0) is 61.7 Å². The summed E-state index contributed by atoms with van der Waals surface area (Å²) >= 11 is 0. The van der Waals surface area contributed by atoms with Crippen molar-refractivity contribution in [2.24, 2.45) is 0 Å². The van der Waals surface area contributed by atoms with Crippen LogP contribution in [0.3, 0.4) is 0 Å². The van der Waals surface area contributed by atoms with Crippen molar-refractivity contribution in [2.45, 2.75) is 45.6 Å². The molecule has 3 aromatic rings. The molecule has 2 amide bonds. The first-order chi connectivity index (χ1) is 16.9. The first kappa shape index (κ1) is 24.5. The quantitative estimate of drug-likeness (QED) is 0.542. The number of ether oxygens (including phenoxy) is 2. The molecule has 1 aliphatic rings. The average molecular weight is 473 g/mol. The van der Waals surface area contributed by atoms with Crippen molar-refractivity contribution in [3.63, 3.8) is 0 Å². The van der Waals surface area contributed by atoms with Gasteiger partial charge in [-0.15, -0.1) is 0 Å². The lowest BCUT2D eigenvalue weighted by molar-refractivity contribution is -0.127. The second kappa shape index (κ2) is 11.2. The van der Waals surface area contributed by atoms with E-state index in [0.717, 1.165) is 16.7 Å². The number of hydrogen-bond acceptors (Lipinski definition) is 4. The molecule has 3 atom stereocenters. The number of benzene rings is 3. The summed E-state index contributed by atoms with van der Waals surface area (Å²) in [5.74, 6) is 0.443. The minimum absolute atomic E-state index is 0.00268. The van der Waals surface area contributed by atoms with Gasteiger partial charge in [0.25, 0.3) is 11.8 Å². The summed E-state index contributed by atoms with van der Waals surface area (Å²) < 4.78 is 11.5. The molecule has 0 saturated carbocycles. The first-order valence-corrected chi connectivity index (χ1v) is 12.0. The number of morpholine rings is 1. The number of carbonyl (C=O) groups excluding carboxylic acids is 2. The van der Waals surface area contributed by atoms with Crippen molar-refractivity contribution in [3.8, 4) is 16.9 Å². The summed E-state index contributed by atoms with van der Waals surface area (Å²) in [6.45, 7) is 7.23. The van der Waals surface area contributed by atoms with Crippen LogP contribution in [-0.2, 0) is 16.1 Å². The highest BCUT2D eigenvalue weighted by molar-refractivity contribution is 5.94. The third kappa shape index (κ3) is 6.49. The van der Waals surface area contributed by atoms with Gasteiger partial charge < -0.3 is 19.7 Å². The molecule has 1 saturated heterocycles. The highest BCUT2D eigenvalue weighted by Gasteiger charge is 2.26. The molecule has 3 aromatic carbocycles. The monoisotopic (exact) mass is 472 g/mol. The molecular formula is C29H32N2O4. The molecule has 1 heterocycles. The number of nitrogens with one attached hydrogen (secondary N) is 1. The zero-order chi connectivity index (χ0) is 24.8. The van der Waals surface area contributed by atoms with Gasteiger partial charge in [0.15, 0.2) is 6.10 Å². The lowest BCUT2D eigenvalue weighted by Crippen LogP contribution is -2.48. The van der Waals surface area contributed by atoms with Crippen LogP contribution in [0, 0.1) is 0 Å². The normalized spacial score (nSPS) is 18.5. The third-order valence-electron chi connectivity index (χ3n) is 6.02. The molecule has 6 nitrogen and oxygen atoms in total. The highest BCUT2D eigenvalue weighted by atomic mass is 16.5. The van der Waals surface area contributed by atoms with Crippen LogP contribution in [0.5, 0.6) is 5.75 Å². The number of rotatable bonds is 7. The van der Waals surface area contributed by atoms with Crippen LogP contribution < -0.4 is 10.1 Å². The van der Waals surface area contributed by atoms with E-state index in [0.29, 0.717) is 30.9 Å². The number of amides is 2. The Bertz CT molecular complexity index is 1120. The van der Waals surface area contributed by atoms with Gasteiger partial charge in [-0.1, -0.05) is 54.6 Å². The molecule has 0 bridgehead atoms. The molecule has 0 aliphatic carbocycles. The molecule has 35 heavy (non-hydrogen) atoms. The van der Waals surface area contributed by atoms with Gasteiger partial charge in [-0.3, -0.25) is 9.59 Å². The van der Waals surface area contributed by atoms with E-state index in [9.17, 15) is 9.59 Å². The van der Waals surface area contributed by atoms with E-state index in [1.165, 1.54) is 0 Å². The first-order valence-electron chi connectivity index (χ1n) is 12.0. The minimum Gasteiger partial charge on any atom is -0.481 e. The summed E-state index contributed by atoms with van der Waals surface area (Å²) in [6.07, 6.45) is -0.574. The molecule has 4 rings (SSSR count). The fourth-order valence-electron chi connectivity index (χ4n) is 4.24. The van der Waals surface area contributed by atoms with Gasteiger partial charge in [0.1, 0.15) is 5.75 Å². The van der Waals surface area contributed by atoms with Crippen LogP contribution in [0.1, 0.15) is 36.7 Å². The predicted molar refractivity (Wildman–Crippen MR) is 136 cm³/mol. The Kier molecular flexibility index (Phi) is 7.83. The summed E-state index contributed by atoms with van der Waals surface area (Å²) in [7, 11) is 0. The molecule has 0 spiro atoms. The highest BCUT2D eigenvalue weighted by Crippen LogP contribution is 2.22. The van der Waals surface area contributed by atoms with E-state index >= 15 is 0 Å². The van der Waals surface area contributed by atoms with Gasteiger partial charge in [-0.2, -0.15) is 0 Å². The summed E-state index contributed by atoms with van der Waals surface area (Å²) in [4.78, 5) is 27.2. The average Bonchev–Trinajstić information content (AvgIpc) is 2.87. The molecule has 0 radical (unpaired) electrons. The van der Waals surface area contributed by atoms with Crippen LogP contribution in [-0.4, -0.2) is 48.1 Å². The smallest absolute Gasteiger partial charge is 0.261 e. The van der Waals surface area contributed by atoms with E-state index < -0.39 is 6.10 Å². The zero-order valence-corrected chi connectivity index (χ0v) is 20.4. The van der Waals surface area contributed by atoms with E-state index in [4.69, 9.17) is 9.47 Å². The van der Waals surface area contributed by atoms with E-state index in [2.05, 4.69) is 17.4 Å². The van der Waals surface area contributed by atoms with Gasteiger partial charge in [0, 0.05) is 25.2 Å². The van der Waals surface area contributed by atoms with Gasteiger partial charge in [0.2, 0.25) is 0 Å². The zero-order valence-electron chi connectivity index (χ0n) is 20.4. The summed E-state index contributed by atoms with van der Waals surface area (Å²) in [5, 5.41) is 2.90. The molecule has 1 N–H and O–H groups in total. The van der Waals surface area contributed by atoms with Crippen molar-refractivity contribution in [1.82, 2.24) is 10.2 Å². The standard InChI is InChI=1S/C29H32N2O4/c1-20-18-31(19-21(2)34-20)29(33)26-11-9-23(10-12-26)17-30-28(32)22(3)35-27-15-13-25(14-16-27)24-7-5-4-6-8-24/h4-16,20-22H,17-19H2,1-3H3,(H,30,32). The van der Waals surface area contributed by atoms with Gasteiger partial charge >= 0.3 is 0 Å². The maximum Gasteiger partial charge on any atom is 0.261 e. The molecular weight excluding hydrogens is 440 g/mol. The van der Waals surface area contributed by atoms with Crippen LogP contribution in [0.15, 0.2) is 78.9 Å². The maximum absolute atomic E-state index is 12.8. The maximum atomic E-state index is 12.8. The van der Waals surface area contributed by atoms with Crippen molar-refractivity contribution in [2.75, 3.05) is 13.1 Å².